The molecule has 1 radical (unpaired) electrons. The van der Waals surface area contributed by atoms with Crippen LogP contribution in [0.2, 0.25) is 0 Å². The van der Waals surface area contributed by atoms with Gasteiger partial charge in [-0.1, -0.05) is 13.3 Å². The minimum absolute atomic E-state index is 0.399. The van der Waals surface area contributed by atoms with Crippen molar-refractivity contribution >= 4 is 0 Å². The Hall–Kier alpha value is -0.0800. The molecule has 0 aromatic rings. The fraction of sp³-hybridized carbons (Fsp3) is 0.857. The third-order valence-electron chi connectivity index (χ3n) is 0.960. The lowest BCUT2D eigenvalue weighted by molar-refractivity contribution is -0.0274. The highest BCUT2D eigenvalue weighted by Crippen LogP contribution is 1.88. The Bertz CT molecular complexity index is 40.2. The van der Waals surface area contributed by atoms with Gasteiger partial charge in [0.2, 0.25) is 0 Å². The van der Waals surface area contributed by atoms with Crippen molar-refractivity contribution in [2.75, 3.05) is 13.4 Å². The lowest BCUT2D eigenvalue weighted by Gasteiger charge is -2.00. The van der Waals surface area contributed by atoms with Crippen LogP contribution < -0.4 is 0 Å². The van der Waals surface area contributed by atoms with E-state index in [1.807, 2.05) is 6.92 Å². The number of rotatable bonds is 6. The quantitative estimate of drug-likeness (QED) is 0.405. The van der Waals surface area contributed by atoms with Crippen molar-refractivity contribution in [3.05, 3.63) is 6.61 Å². The first-order valence-electron chi connectivity index (χ1n) is 3.39. The highest BCUT2D eigenvalue weighted by atomic mass is 16.7. The maximum Gasteiger partial charge on any atom is 0.147 e. The second-order valence-corrected chi connectivity index (χ2v) is 1.78. The van der Waals surface area contributed by atoms with Crippen LogP contribution in [0, 0.1) is 6.61 Å². The molecule has 0 spiro atoms. The third kappa shape index (κ3) is 7.92. The summed E-state index contributed by atoms with van der Waals surface area (Å²) in [6, 6.07) is 0. The van der Waals surface area contributed by atoms with Crippen molar-refractivity contribution in [3.63, 3.8) is 0 Å². The van der Waals surface area contributed by atoms with E-state index in [0.717, 1.165) is 13.0 Å². The average Bonchev–Trinajstić information content (AvgIpc) is 1.89. The number of ether oxygens (including phenoxy) is 2. The Labute approximate surface area is 57.2 Å². The largest absolute Gasteiger partial charge is 0.355 e. The van der Waals surface area contributed by atoms with E-state index in [9.17, 15) is 0 Å². The summed E-state index contributed by atoms with van der Waals surface area (Å²) < 4.78 is 9.89. The van der Waals surface area contributed by atoms with Crippen LogP contribution in [-0.4, -0.2) is 13.4 Å². The summed E-state index contributed by atoms with van der Waals surface area (Å²) >= 11 is 0. The molecule has 9 heavy (non-hydrogen) atoms. The smallest absolute Gasteiger partial charge is 0.147 e. The van der Waals surface area contributed by atoms with Crippen LogP contribution in [0.5, 0.6) is 0 Å². The van der Waals surface area contributed by atoms with E-state index >= 15 is 0 Å². The van der Waals surface area contributed by atoms with Crippen LogP contribution in [-0.2, 0) is 9.47 Å². The summed E-state index contributed by atoms with van der Waals surface area (Å²) in [6.07, 6.45) is 2.29. The van der Waals surface area contributed by atoms with E-state index in [-0.39, 0.29) is 0 Å². The van der Waals surface area contributed by atoms with Gasteiger partial charge >= 0.3 is 0 Å². The Morgan fingerprint density at radius 2 is 2.22 bits per heavy atom. The molecule has 0 aliphatic carbocycles. The van der Waals surface area contributed by atoms with Gasteiger partial charge in [-0.25, -0.2) is 0 Å². The zero-order valence-corrected chi connectivity index (χ0v) is 6.22. The van der Waals surface area contributed by atoms with Gasteiger partial charge in [0.05, 0.1) is 6.61 Å². The van der Waals surface area contributed by atoms with Crippen LogP contribution in [0.3, 0.4) is 0 Å². The summed E-state index contributed by atoms with van der Waals surface area (Å²) in [6.45, 7) is 6.81. The first-order chi connectivity index (χ1) is 4.41. The number of hydrogen-bond acceptors (Lipinski definition) is 2. The summed E-state index contributed by atoms with van der Waals surface area (Å²) in [7, 11) is 0. The predicted octanol–water partition coefficient (Wildman–Crippen LogP) is 1.96. The zero-order valence-electron chi connectivity index (χ0n) is 6.22. The van der Waals surface area contributed by atoms with Crippen LogP contribution in [0.4, 0.5) is 0 Å². The first kappa shape index (κ1) is 8.92. The second-order valence-electron chi connectivity index (χ2n) is 1.78. The van der Waals surface area contributed by atoms with E-state index in [1.54, 1.807) is 6.61 Å². The fourth-order valence-electron chi connectivity index (χ4n) is 0.421. The number of unbranched alkanes of at least 4 members (excludes halogenated alkanes) is 1. The van der Waals surface area contributed by atoms with Gasteiger partial charge in [-0.05, 0) is 13.3 Å². The SMILES string of the molecule is C[CH]OCOCCCC. The molecule has 0 fully saturated rings. The molecule has 0 aromatic heterocycles. The van der Waals surface area contributed by atoms with Crippen LogP contribution in [0.15, 0.2) is 0 Å². The topological polar surface area (TPSA) is 18.5 Å². The van der Waals surface area contributed by atoms with E-state index in [0.29, 0.717) is 6.79 Å². The molecule has 0 amide bonds. The predicted molar refractivity (Wildman–Crippen MR) is 36.8 cm³/mol. The first-order valence-corrected chi connectivity index (χ1v) is 3.39. The molecule has 2 nitrogen and oxygen atoms in total. The molecule has 0 rings (SSSR count). The lowest BCUT2D eigenvalue weighted by Crippen LogP contribution is -1.98. The molecule has 0 aromatic carbocycles. The molecule has 0 saturated carbocycles. The van der Waals surface area contributed by atoms with Crippen LogP contribution in [0.1, 0.15) is 26.7 Å². The summed E-state index contributed by atoms with van der Waals surface area (Å²) in [5.74, 6) is 0. The molecular weight excluding hydrogens is 116 g/mol. The lowest BCUT2D eigenvalue weighted by atomic mass is 10.4. The van der Waals surface area contributed by atoms with Gasteiger partial charge in [0.25, 0.3) is 0 Å². The van der Waals surface area contributed by atoms with Gasteiger partial charge in [-0.2, -0.15) is 0 Å². The molecule has 0 unspecified atom stereocenters. The highest BCUT2D eigenvalue weighted by Gasteiger charge is 1.83. The van der Waals surface area contributed by atoms with Gasteiger partial charge in [0, 0.05) is 6.61 Å². The van der Waals surface area contributed by atoms with Gasteiger partial charge in [0.1, 0.15) is 6.79 Å². The summed E-state index contributed by atoms with van der Waals surface area (Å²) in [5.41, 5.74) is 0. The van der Waals surface area contributed by atoms with Crippen molar-refractivity contribution < 1.29 is 9.47 Å². The minimum atomic E-state index is 0.399. The van der Waals surface area contributed by atoms with Crippen LogP contribution in [0.25, 0.3) is 0 Å². The molecule has 0 aliphatic heterocycles. The van der Waals surface area contributed by atoms with Crippen molar-refractivity contribution in [1.82, 2.24) is 0 Å². The van der Waals surface area contributed by atoms with Crippen molar-refractivity contribution in [1.29, 1.82) is 0 Å². The minimum Gasteiger partial charge on any atom is -0.355 e. The van der Waals surface area contributed by atoms with Gasteiger partial charge < -0.3 is 9.47 Å². The molecule has 0 atom stereocenters. The molecule has 2 heteroatoms. The Kier molecular flexibility index (Phi) is 7.85. The maximum absolute atomic E-state index is 5.06. The third-order valence-corrected chi connectivity index (χ3v) is 0.960. The van der Waals surface area contributed by atoms with Crippen molar-refractivity contribution in [2.24, 2.45) is 0 Å². The standard InChI is InChI=1S/C7H15O2/c1-3-5-6-9-7-8-4-2/h4H,3,5-7H2,1-2H3. The van der Waals surface area contributed by atoms with Gasteiger partial charge in [-0.15, -0.1) is 0 Å². The molecule has 0 N–H and O–H groups in total. The number of hydrogen-bond donors (Lipinski definition) is 0. The Morgan fingerprint density at radius 3 is 2.78 bits per heavy atom. The van der Waals surface area contributed by atoms with E-state index < -0.39 is 0 Å². The molecule has 55 valence electrons. The van der Waals surface area contributed by atoms with Gasteiger partial charge in [0.15, 0.2) is 0 Å². The molecule has 0 aliphatic rings. The Morgan fingerprint density at radius 1 is 1.44 bits per heavy atom. The van der Waals surface area contributed by atoms with E-state index in [2.05, 4.69) is 6.92 Å². The fourth-order valence-corrected chi connectivity index (χ4v) is 0.421. The second kappa shape index (κ2) is 7.92. The molecule has 0 bridgehead atoms. The highest BCUT2D eigenvalue weighted by molar-refractivity contribution is 4.31. The normalized spacial score (nSPS) is 10.0. The Balaban J connectivity index is 2.60. The van der Waals surface area contributed by atoms with E-state index in [4.69, 9.17) is 9.47 Å². The van der Waals surface area contributed by atoms with E-state index in [1.165, 1.54) is 6.42 Å². The zero-order chi connectivity index (χ0) is 6.95. The van der Waals surface area contributed by atoms with Gasteiger partial charge in [-0.3, -0.25) is 0 Å². The van der Waals surface area contributed by atoms with Crippen molar-refractivity contribution in [2.45, 2.75) is 26.7 Å². The monoisotopic (exact) mass is 131 g/mol. The summed E-state index contributed by atoms with van der Waals surface area (Å²) in [4.78, 5) is 0. The van der Waals surface area contributed by atoms with Crippen LogP contribution >= 0.6 is 0 Å². The summed E-state index contributed by atoms with van der Waals surface area (Å²) in [5, 5.41) is 0. The molecular formula is C7H15O2. The molecule has 0 saturated heterocycles. The maximum atomic E-state index is 5.06. The van der Waals surface area contributed by atoms with Crippen molar-refractivity contribution in [3.8, 4) is 0 Å². The average molecular weight is 131 g/mol. The molecule has 0 heterocycles.